The number of aliphatic hydroxyl groups is 1. The molecule has 1 unspecified atom stereocenters. The molecule has 0 amide bonds. The molecule has 2 aromatic rings. The molecule has 1 heteroatoms. The van der Waals surface area contributed by atoms with Gasteiger partial charge in [-0.2, -0.15) is 0 Å². The van der Waals surface area contributed by atoms with Gasteiger partial charge in [-0.05, 0) is 23.5 Å². The molecule has 0 heterocycles. The number of rotatable bonds is 5. The summed E-state index contributed by atoms with van der Waals surface area (Å²) >= 11 is 0. The van der Waals surface area contributed by atoms with Crippen molar-refractivity contribution in [2.24, 2.45) is 5.92 Å². The van der Waals surface area contributed by atoms with Gasteiger partial charge in [-0.1, -0.05) is 85.0 Å². The zero-order valence-electron chi connectivity index (χ0n) is 12.0. The molecule has 1 aliphatic rings. The highest BCUT2D eigenvalue weighted by molar-refractivity contribution is 5.49. The molecule has 1 N–H and O–H groups in total. The van der Waals surface area contributed by atoms with Gasteiger partial charge in [-0.25, -0.2) is 0 Å². The lowest BCUT2D eigenvalue weighted by molar-refractivity contribution is 0.343. The van der Waals surface area contributed by atoms with Crippen molar-refractivity contribution in [1.29, 1.82) is 0 Å². The van der Waals surface area contributed by atoms with Gasteiger partial charge in [0.15, 0.2) is 0 Å². The number of benzene rings is 2. The summed E-state index contributed by atoms with van der Waals surface area (Å²) in [5, 5.41) is 8.79. The van der Waals surface area contributed by atoms with Gasteiger partial charge >= 0.3 is 0 Å². The van der Waals surface area contributed by atoms with Crippen LogP contribution in [-0.2, 0) is 5.41 Å². The highest BCUT2D eigenvalue weighted by atomic mass is 16.2. The minimum Gasteiger partial charge on any atom is -0.392 e. The Morgan fingerprint density at radius 1 is 0.905 bits per heavy atom. The predicted octanol–water partition coefficient (Wildman–Crippen LogP) is 4.10. The minimum absolute atomic E-state index is 0.0948. The standard InChI is InChI=1S/C20H20O/c21-15-9-3-8-14-19-16-20(19,17-10-4-1-5-11-17)18-12-6-2-7-13-18/h1-14,19,21H,15-16H2/b9-3+,14-8+. The zero-order valence-corrected chi connectivity index (χ0v) is 12.0. The Kier molecular flexibility index (Phi) is 4.03. The lowest BCUT2D eigenvalue weighted by atomic mass is 9.85. The molecule has 21 heavy (non-hydrogen) atoms. The third-order valence-electron chi connectivity index (χ3n) is 4.29. The van der Waals surface area contributed by atoms with Crippen LogP contribution in [0.5, 0.6) is 0 Å². The minimum atomic E-state index is 0.0948. The highest BCUT2D eigenvalue weighted by Crippen LogP contribution is 2.59. The third kappa shape index (κ3) is 2.70. The molecular formula is C20H20O. The third-order valence-corrected chi connectivity index (χ3v) is 4.29. The monoisotopic (exact) mass is 276 g/mol. The van der Waals surface area contributed by atoms with Crippen molar-refractivity contribution in [2.75, 3.05) is 6.61 Å². The van der Waals surface area contributed by atoms with Crippen LogP contribution >= 0.6 is 0 Å². The van der Waals surface area contributed by atoms with E-state index in [0.717, 1.165) is 6.42 Å². The number of aliphatic hydroxyl groups excluding tert-OH is 1. The number of hydrogen-bond donors (Lipinski definition) is 1. The normalized spacial score (nSPS) is 20.1. The molecule has 0 radical (unpaired) electrons. The summed E-state index contributed by atoms with van der Waals surface area (Å²) in [6, 6.07) is 21.5. The molecule has 3 rings (SSSR count). The summed E-state index contributed by atoms with van der Waals surface area (Å²) in [5.74, 6) is 0.519. The van der Waals surface area contributed by atoms with E-state index in [1.165, 1.54) is 11.1 Å². The Balaban J connectivity index is 1.92. The fraction of sp³-hybridized carbons (Fsp3) is 0.200. The summed E-state index contributed by atoms with van der Waals surface area (Å²) in [6.07, 6.45) is 9.12. The van der Waals surface area contributed by atoms with Gasteiger partial charge < -0.3 is 5.11 Å². The summed E-state index contributed by atoms with van der Waals surface area (Å²) in [4.78, 5) is 0. The maximum atomic E-state index is 8.79. The summed E-state index contributed by atoms with van der Waals surface area (Å²) in [5.41, 5.74) is 2.89. The van der Waals surface area contributed by atoms with Crippen molar-refractivity contribution >= 4 is 0 Å². The van der Waals surface area contributed by atoms with Crippen LogP contribution in [0.25, 0.3) is 0 Å². The molecular weight excluding hydrogens is 256 g/mol. The quantitative estimate of drug-likeness (QED) is 0.815. The van der Waals surface area contributed by atoms with Gasteiger partial charge in [0, 0.05) is 5.41 Å². The Hall–Kier alpha value is -2.12. The van der Waals surface area contributed by atoms with Crippen molar-refractivity contribution in [1.82, 2.24) is 0 Å². The van der Waals surface area contributed by atoms with Gasteiger partial charge in [0.2, 0.25) is 0 Å². The van der Waals surface area contributed by atoms with Crippen LogP contribution in [-0.4, -0.2) is 11.7 Å². The smallest absolute Gasteiger partial charge is 0.0615 e. The van der Waals surface area contributed by atoms with Gasteiger partial charge in [0.25, 0.3) is 0 Å². The largest absolute Gasteiger partial charge is 0.392 e. The Morgan fingerprint density at radius 3 is 2.00 bits per heavy atom. The number of allylic oxidation sites excluding steroid dienone is 3. The van der Waals surface area contributed by atoms with E-state index in [1.54, 1.807) is 6.08 Å². The van der Waals surface area contributed by atoms with Crippen LogP contribution < -0.4 is 0 Å². The Labute approximate surface area is 126 Å². The Morgan fingerprint density at radius 2 is 1.48 bits per heavy atom. The van der Waals surface area contributed by atoms with Crippen LogP contribution in [0.1, 0.15) is 17.5 Å². The van der Waals surface area contributed by atoms with Crippen molar-refractivity contribution in [2.45, 2.75) is 11.8 Å². The molecule has 1 saturated carbocycles. The lowest BCUT2D eigenvalue weighted by Gasteiger charge is -2.18. The molecule has 1 nitrogen and oxygen atoms in total. The second-order valence-corrected chi connectivity index (χ2v) is 5.51. The van der Waals surface area contributed by atoms with Gasteiger partial charge in [-0.15, -0.1) is 0 Å². The van der Waals surface area contributed by atoms with E-state index in [1.807, 2.05) is 6.08 Å². The van der Waals surface area contributed by atoms with Gasteiger partial charge in [-0.3, -0.25) is 0 Å². The molecule has 0 aromatic heterocycles. The second-order valence-electron chi connectivity index (χ2n) is 5.51. The summed E-state index contributed by atoms with van der Waals surface area (Å²) in [6.45, 7) is 0.0948. The van der Waals surface area contributed by atoms with Crippen LogP contribution in [0.2, 0.25) is 0 Å². The molecule has 0 bridgehead atoms. The number of hydrogen-bond acceptors (Lipinski definition) is 1. The molecule has 0 aliphatic heterocycles. The van der Waals surface area contributed by atoms with Gasteiger partial charge in [0.05, 0.1) is 6.61 Å². The average molecular weight is 276 g/mol. The molecule has 1 atom stereocenters. The SMILES string of the molecule is OC/C=C/C=C/C1CC1(c1ccccc1)c1ccccc1. The lowest BCUT2D eigenvalue weighted by Crippen LogP contribution is -2.11. The maximum Gasteiger partial charge on any atom is 0.0615 e. The fourth-order valence-electron chi connectivity index (χ4n) is 3.16. The molecule has 106 valence electrons. The van der Waals surface area contributed by atoms with E-state index in [2.05, 4.69) is 72.8 Å². The topological polar surface area (TPSA) is 20.2 Å². The zero-order chi connectivity index (χ0) is 14.5. The first-order valence-corrected chi connectivity index (χ1v) is 7.43. The van der Waals surface area contributed by atoms with Crippen molar-refractivity contribution < 1.29 is 5.11 Å². The van der Waals surface area contributed by atoms with Crippen LogP contribution in [0.4, 0.5) is 0 Å². The van der Waals surface area contributed by atoms with E-state index >= 15 is 0 Å². The van der Waals surface area contributed by atoms with E-state index in [0.29, 0.717) is 5.92 Å². The molecule has 0 spiro atoms. The second kappa shape index (κ2) is 6.11. The fourth-order valence-corrected chi connectivity index (χ4v) is 3.16. The first-order valence-electron chi connectivity index (χ1n) is 7.43. The first kappa shape index (κ1) is 13.8. The van der Waals surface area contributed by atoms with Crippen molar-refractivity contribution in [3.05, 3.63) is 96.1 Å². The Bertz CT molecular complexity index is 586. The predicted molar refractivity (Wildman–Crippen MR) is 87.1 cm³/mol. The molecule has 1 aliphatic carbocycles. The maximum absolute atomic E-state index is 8.79. The van der Waals surface area contributed by atoms with Crippen molar-refractivity contribution in [3.63, 3.8) is 0 Å². The molecule has 1 fully saturated rings. The van der Waals surface area contributed by atoms with E-state index in [9.17, 15) is 0 Å². The van der Waals surface area contributed by atoms with E-state index in [-0.39, 0.29) is 12.0 Å². The average Bonchev–Trinajstić information content (AvgIpc) is 3.29. The van der Waals surface area contributed by atoms with Crippen molar-refractivity contribution in [3.8, 4) is 0 Å². The first-order chi connectivity index (χ1) is 10.4. The molecule has 2 aromatic carbocycles. The van der Waals surface area contributed by atoms with Crippen LogP contribution in [0.3, 0.4) is 0 Å². The van der Waals surface area contributed by atoms with Crippen LogP contribution in [0.15, 0.2) is 85.0 Å². The van der Waals surface area contributed by atoms with E-state index in [4.69, 9.17) is 5.11 Å². The highest BCUT2D eigenvalue weighted by Gasteiger charge is 2.54. The van der Waals surface area contributed by atoms with Gasteiger partial charge in [0.1, 0.15) is 0 Å². The van der Waals surface area contributed by atoms with Crippen LogP contribution in [0, 0.1) is 5.92 Å². The summed E-state index contributed by atoms with van der Waals surface area (Å²) in [7, 11) is 0. The van der Waals surface area contributed by atoms with E-state index < -0.39 is 0 Å². The summed E-state index contributed by atoms with van der Waals surface area (Å²) < 4.78 is 0. The molecule has 0 saturated heterocycles.